The second kappa shape index (κ2) is 12.4. The Morgan fingerprint density at radius 3 is 1.95 bits per heavy atom. The van der Waals surface area contributed by atoms with Crippen LogP contribution in [-0.4, -0.2) is 3.21 Å². The normalized spacial score (nSPS) is 15.7. The zero-order chi connectivity index (χ0) is 28.3. The second-order valence-corrected chi connectivity index (χ2v) is 15.3. The SMILES string of the molecule is CC(C)(C)c1c[c-]c2c(c1)-c1cc(C(C)(C)C)ccc1C2.CC1=[C-]C(C)C=C1c1ccccc1.C[C](C)=[Zr+2]. The van der Waals surface area contributed by atoms with E-state index in [-0.39, 0.29) is 10.8 Å². The summed E-state index contributed by atoms with van der Waals surface area (Å²) in [6.07, 6.45) is 6.69. The molecule has 0 aromatic heterocycles. The monoisotopic (exact) mass is 578 g/mol. The van der Waals surface area contributed by atoms with Crippen molar-refractivity contribution < 1.29 is 24.2 Å². The van der Waals surface area contributed by atoms with Gasteiger partial charge >= 0.3 is 41.3 Å². The molecule has 38 heavy (non-hydrogen) atoms. The van der Waals surface area contributed by atoms with Gasteiger partial charge in [0.25, 0.3) is 0 Å². The predicted octanol–water partition coefficient (Wildman–Crippen LogP) is 9.87. The number of rotatable bonds is 1. The first-order valence-corrected chi connectivity index (χ1v) is 15.0. The van der Waals surface area contributed by atoms with Crippen LogP contribution in [0.15, 0.2) is 72.3 Å². The van der Waals surface area contributed by atoms with Crippen LogP contribution >= 0.6 is 0 Å². The van der Waals surface area contributed by atoms with Gasteiger partial charge in [-0.1, -0.05) is 126 Å². The molecule has 0 fully saturated rings. The van der Waals surface area contributed by atoms with Crippen LogP contribution in [0, 0.1) is 18.1 Å². The van der Waals surface area contributed by atoms with Crippen LogP contribution in [0.3, 0.4) is 0 Å². The number of allylic oxidation sites excluding steroid dienone is 4. The third-order valence-corrected chi connectivity index (χ3v) is 6.88. The van der Waals surface area contributed by atoms with Gasteiger partial charge in [0, 0.05) is 0 Å². The molecule has 5 rings (SSSR count). The minimum absolute atomic E-state index is 0.177. The molecule has 2 aliphatic carbocycles. The first-order chi connectivity index (χ1) is 17.7. The molecule has 0 bridgehead atoms. The van der Waals surface area contributed by atoms with Gasteiger partial charge in [-0.2, -0.15) is 41.0 Å². The molecule has 0 radical (unpaired) electrons. The maximum absolute atomic E-state index is 3.53. The van der Waals surface area contributed by atoms with E-state index in [1.807, 2.05) is 6.07 Å². The Hall–Kier alpha value is -2.11. The van der Waals surface area contributed by atoms with Crippen LogP contribution in [0.25, 0.3) is 16.7 Å². The van der Waals surface area contributed by atoms with Gasteiger partial charge in [0.1, 0.15) is 0 Å². The van der Waals surface area contributed by atoms with Gasteiger partial charge in [-0.15, -0.1) is 11.1 Å². The fourth-order valence-corrected chi connectivity index (χ4v) is 4.75. The van der Waals surface area contributed by atoms with Gasteiger partial charge in [0.15, 0.2) is 0 Å². The topological polar surface area (TPSA) is 0 Å². The van der Waals surface area contributed by atoms with Crippen molar-refractivity contribution in [3.8, 4) is 11.1 Å². The molecule has 0 spiro atoms. The molecular formula is C37H44Zr. The van der Waals surface area contributed by atoms with Crippen molar-refractivity contribution in [1.29, 1.82) is 0 Å². The van der Waals surface area contributed by atoms with Crippen molar-refractivity contribution in [2.24, 2.45) is 5.92 Å². The van der Waals surface area contributed by atoms with Crippen LogP contribution in [0.2, 0.25) is 0 Å². The van der Waals surface area contributed by atoms with Gasteiger partial charge in [0.05, 0.1) is 0 Å². The fraction of sp³-hybridized carbons (Fsp3) is 0.378. The standard InChI is InChI=1S/C21H25.C13H13.C3H6.Zr/c1-20(2,3)16-9-7-14-11-15-8-10-17(21(4,5)6)13-19(15)18(14)12-16;1-10-8-11(2)13(9-10)12-6-4-3-5-7-12;1-3-2;/h7,9-10,12-13H,11H2,1-6H3;3-7,9-10H,1-2H3;1-2H3;/q2*-1;;+2. The van der Waals surface area contributed by atoms with Crippen molar-refractivity contribution in [2.45, 2.75) is 86.5 Å². The molecule has 0 N–H and O–H groups in total. The molecule has 3 aromatic carbocycles. The molecule has 0 saturated heterocycles. The van der Waals surface area contributed by atoms with E-state index in [4.69, 9.17) is 0 Å². The molecule has 2 aliphatic rings. The van der Waals surface area contributed by atoms with Crippen molar-refractivity contribution in [3.63, 3.8) is 0 Å². The zero-order valence-corrected chi connectivity index (χ0v) is 27.6. The number of hydrogen-bond acceptors (Lipinski definition) is 0. The Morgan fingerprint density at radius 2 is 1.42 bits per heavy atom. The van der Waals surface area contributed by atoms with E-state index < -0.39 is 0 Å². The minimum atomic E-state index is 0.177. The molecule has 0 heterocycles. The first-order valence-electron chi connectivity index (χ1n) is 13.7. The molecule has 196 valence electrons. The fourth-order valence-electron chi connectivity index (χ4n) is 4.75. The summed E-state index contributed by atoms with van der Waals surface area (Å²) in [7, 11) is 0. The van der Waals surface area contributed by atoms with E-state index in [1.165, 1.54) is 53.3 Å². The van der Waals surface area contributed by atoms with Crippen molar-refractivity contribution >= 4 is 8.78 Å². The molecule has 0 amide bonds. The van der Waals surface area contributed by atoms with E-state index in [0.717, 1.165) is 6.42 Å². The molecule has 3 aromatic rings. The summed E-state index contributed by atoms with van der Waals surface area (Å²) < 4.78 is 1.51. The van der Waals surface area contributed by atoms with Gasteiger partial charge in [-0.25, -0.2) is 5.57 Å². The molecule has 0 saturated carbocycles. The predicted molar refractivity (Wildman–Crippen MR) is 163 cm³/mol. The summed E-state index contributed by atoms with van der Waals surface area (Å²) in [6, 6.07) is 25.6. The Labute approximate surface area is 247 Å². The summed E-state index contributed by atoms with van der Waals surface area (Å²) in [5, 5.41) is 0. The average Bonchev–Trinajstić information content (AvgIpc) is 3.36. The zero-order valence-electron chi connectivity index (χ0n) is 25.1. The van der Waals surface area contributed by atoms with E-state index >= 15 is 0 Å². The van der Waals surface area contributed by atoms with Crippen molar-refractivity contribution in [1.82, 2.24) is 0 Å². The van der Waals surface area contributed by atoms with Crippen molar-refractivity contribution in [2.75, 3.05) is 0 Å². The molecule has 0 aliphatic heterocycles. The Bertz CT molecular complexity index is 1270. The summed E-state index contributed by atoms with van der Waals surface area (Å²) in [5.74, 6) is 0.468. The van der Waals surface area contributed by atoms with E-state index in [2.05, 4.69) is 142 Å². The third kappa shape index (κ3) is 7.96. The summed E-state index contributed by atoms with van der Waals surface area (Å²) in [4.78, 5) is 0. The van der Waals surface area contributed by atoms with Gasteiger partial charge in [-0.05, 0) is 17.4 Å². The van der Waals surface area contributed by atoms with E-state index in [0.29, 0.717) is 5.92 Å². The molecule has 0 nitrogen and oxygen atoms in total. The Balaban J connectivity index is 0.000000200. The number of fused-ring (bicyclic) bond motifs is 3. The van der Waals surface area contributed by atoms with E-state index in [1.54, 1.807) is 24.2 Å². The van der Waals surface area contributed by atoms with Crippen LogP contribution in [0.4, 0.5) is 0 Å². The first kappa shape index (κ1) is 30.4. The summed E-state index contributed by atoms with van der Waals surface area (Å²) in [6.45, 7) is 22.2. The van der Waals surface area contributed by atoms with Gasteiger partial charge in [-0.3, -0.25) is 6.08 Å². The average molecular weight is 580 g/mol. The van der Waals surface area contributed by atoms with Crippen LogP contribution in [0.1, 0.15) is 97.1 Å². The van der Waals surface area contributed by atoms with Gasteiger partial charge < -0.3 is 0 Å². The van der Waals surface area contributed by atoms with Crippen molar-refractivity contribution in [3.05, 3.63) is 112 Å². The molecule has 1 heteroatoms. The Kier molecular flexibility index (Phi) is 9.92. The molecule has 1 atom stereocenters. The van der Waals surface area contributed by atoms with Crippen LogP contribution in [0.5, 0.6) is 0 Å². The third-order valence-electron chi connectivity index (χ3n) is 6.88. The maximum atomic E-state index is 3.53. The quantitative estimate of drug-likeness (QED) is 0.197. The second-order valence-electron chi connectivity index (χ2n) is 12.8. The van der Waals surface area contributed by atoms with Gasteiger partial charge in [0.2, 0.25) is 0 Å². The number of benzene rings is 3. The van der Waals surface area contributed by atoms with Crippen LogP contribution in [-0.2, 0) is 41.5 Å². The molecular weight excluding hydrogens is 536 g/mol. The Morgan fingerprint density at radius 1 is 0.842 bits per heavy atom. The summed E-state index contributed by atoms with van der Waals surface area (Å²) >= 11 is 1.55. The van der Waals surface area contributed by atoms with Crippen LogP contribution < -0.4 is 0 Å². The molecule has 1 unspecified atom stereocenters. The summed E-state index contributed by atoms with van der Waals surface area (Å²) in [5.41, 5.74) is 12.7. The number of hydrogen-bond donors (Lipinski definition) is 0. The van der Waals surface area contributed by atoms with E-state index in [9.17, 15) is 0 Å².